The van der Waals surface area contributed by atoms with Crippen LogP contribution in [0.15, 0.2) is 12.2 Å². The smallest absolute Gasteiger partial charge is 0.0955 e. The van der Waals surface area contributed by atoms with E-state index >= 15 is 0 Å². The van der Waals surface area contributed by atoms with Gasteiger partial charge in [0, 0.05) is 5.04 Å². The Kier molecular flexibility index (Phi) is 2.19. The van der Waals surface area contributed by atoms with Gasteiger partial charge in [-0.2, -0.15) is 0 Å². The number of allylic oxidation sites excluding steroid dienone is 2. The largest absolute Gasteiger partial charge is 0.276 e. The molecule has 0 spiro atoms. The molecule has 2 aliphatic rings. The van der Waals surface area contributed by atoms with Crippen LogP contribution in [0.4, 0.5) is 0 Å². The van der Waals surface area contributed by atoms with Crippen LogP contribution < -0.4 is 0 Å². The Morgan fingerprint density at radius 3 is 2.27 bits per heavy atom. The first kappa shape index (κ1) is 8.97. The Balaban J connectivity index is 2.31. The summed E-state index contributed by atoms with van der Waals surface area (Å²) in [6, 6.07) is 0. The number of fused-ring (bicyclic) bond motifs is 2. The standard InChI is InChI=1S/C7H9Br3Si/c8-11(9,10)7-3-1-6(5-7)2-4-7/h1,3,6H,2,4-5H2. The highest BCUT2D eigenvalue weighted by atomic mass is 80.0. The summed E-state index contributed by atoms with van der Waals surface area (Å²) < 4.78 is -1.48. The maximum atomic E-state index is 3.77. The van der Waals surface area contributed by atoms with E-state index in [0.29, 0.717) is 5.04 Å². The van der Waals surface area contributed by atoms with E-state index in [1.54, 1.807) is 0 Å². The Hall–Kier alpha value is 1.40. The minimum atomic E-state index is -1.48. The van der Waals surface area contributed by atoms with Crippen molar-refractivity contribution in [1.29, 1.82) is 0 Å². The predicted molar refractivity (Wildman–Crippen MR) is 61.7 cm³/mol. The van der Waals surface area contributed by atoms with Gasteiger partial charge in [0.1, 0.15) is 0 Å². The van der Waals surface area contributed by atoms with E-state index in [4.69, 9.17) is 0 Å². The molecule has 4 heteroatoms. The summed E-state index contributed by atoms with van der Waals surface area (Å²) in [6.45, 7) is 0. The van der Waals surface area contributed by atoms with Crippen molar-refractivity contribution in [3.63, 3.8) is 0 Å². The average Bonchev–Trinajstić information content (AvgIpc) is 2.42. The van der Waals surface area contributed by atoms with Gasteiger partial charge in [0.2, 0.25) is 0 Å². The molecule has 62 valence electrons. The van der Waals surface area contributed by atoms with Gasteiger partial charge in [0.05, 0.1) is 0 Å². The van der Waals surface area contributed by atoms with Crippen molar-refractivity contribution in [1.82, 2.24) is 0 Å². The molecular formula is C7H9Br3Si. The molecule has 0 radical (unpaired) electrons. The summed E-state index contributed by atoms with van der Waals surface area (Å²) in [5.41, 5.74) is 0. The second kappa shape index (κ2) is 2.69. The highest BCUT2D eigenvalue weighted by Crippen LogP contribution is 2.65. The van der Waals surface area contributed by atoms with Crippen molar-refractivity contribution in [2.24, 2.45) is 5.92 Å². The van der Waals surface area contributed by atoms with Crippen LogP contribution in [0.5, 0.6) is 0 Å². The predicted octanol–water partition coefficient (Wildman–Crippen LogP) is 4.22. The van der Waals surface area contributed by atoms with Crippen molar-refractivity contribution in [2.75, 3.05) is 0 Å². The third kappa shape index (κ3) is 1.34. The molecule has 2 atom stereocenters. The van der Waals surface area contributed by atoms with Crippen molar-refractivity contribution < 1.29 is 0 Å². The molecule has 11 heavy (non-hydrogen) atoms. The molecule has 0 aromatic carbocycles. The summed E-state index contributed by atoms with van der Waals surface area (Å²) >= 11 is 11.3. The lowest BCUT2D eigenvalue weighted by atomic mass is 10.1. The summed E-state index contributed by atoms with van der Waals surface area (Å²) in [5.74, 6) is 0.870. The highest BCUT2D eigenvalue weighted by Gasteiger charge is 2.54. The van der Waals surface area contributed by atoms with Crippen molar-refractivity contribution in [2.45, 2.75) is 24.3 Å². The fourth-order valence-electron chi connectivity index (χ4n) is 2.10. The number of halogens is 3. The Morgan fingerprint density at radius 2 is 2.09 bits per heavy atom. The van der Waals surface area contributed by atoms with Crippen LogP contribution in [-0.4, -0.2) is 3.93 Å². The van der Waals surface area contributed by atoms with Crippen LogP contribution in [0.3, 0.4) is 0 Å². The fraction of sp³-hybridized carbons (Fsp3) is 0.714. The first-order valence-corrected chi connectivity index (χ1v) is 12.6. The summed E-state index contributed by atoms with van der Waals surface area (Å²) in [5, 5.41) is 0.456. The van der Waals surface area contributed by atoms with Gasteiger partial charge in [-0.3, -0.25) is 0 Å². The van der Waals surface area contributed by atoms with Crippen molar-refractivity contribution >= 4 is 49.8 Å². The normalized spacial score (nSPS) is 41.9. The molecule has 0 heterocycles. The van der Waals surface area contributed by atoms with Crippen molar-refractivity contribution in [3.8, 4) is 0 Å². The van der Waals surface area contributed by atoms with Crippen LogP contribution in [0, 0.1) is 5.92 Å². The van der Waals surface area contributed by atoms with Gasteiger partial charge >= 0.3 is 0 Å². The van der Waals surface area contributed by atoms with Gasteiger partial charge in [0.15, 0.2) is 0 Å². The van der Waals surface area contributed by atoms with E-state index in [1.165, 1.54) is 19.3 Å². The van der Waals surface area contributed by atoms with Gasteiger partial charge in [-0.1, -0.05) is 58.0 Å². The van der Waals surface area contributed by atoms with E-state index in [1.807, 2.05) is 0 Å². The maximum Gasteiger partial charge on any atom is 0.276 e. The molecule has 2 bridgehead atoms. The molecule has 0 aliphatic heterocycles. The van der Waals surface area contributed by atoms with E-state index in [2.05, 4.69) is 58.0 Å². The van der Waals surface area contributed by atoms with Crippen molar-refractivity contribution in [3.05, 3.63) is 12.2 Å². The lowest BCUT2D eigenvalue weighted by Crippen LogP contribution is -2.26. The molecule has 0 saturated heterocycles. The molecule has 0 nitrogen and oxygen atoms in total. The number of hydrogen-bond acceptors (Lipinski definition) is 0. The molecule has 0 aromatic heterocycles. The van der Waals surface area contributed by atoms with Gasteiger partial charge in [-0.15, -0.1) is 0 Å². The Morgan fingerprint density at radius 1 is 1.36 bits per heavy atom. The minimum absolute atomic E-state index is 0.456. The molecule has 2 rings (SSSR count). The first-order valence-electron chi connectivity index (χ1n) is 3.80. The zero-order valence-corrected chi connectivity index (χ0v) is 11.7. The lowest BCUT2D eigenvalue weighted by Gasteiger charge is -2.30. The monoisotopic (exact) mass is 358 g/mol. The summed E-state index contributed by atoms with van der Waals surface area (Å²) in [6.07, 6.45) is 8.87. The van der Waals surface area contributed by atoms with Gasteiger partial charge in [0.25, 0.3) is 3.93 Å². The number of hydrogen-bond donors (Lipinski definition) is 0. The fourth-order valence-corrected chi connectivity index (χ4v) is 7.74. The molecule has 2 aliphatic carbocycles. The summed E-state index contributed by atoms with van der Waals surface area (Å²) in [7, 11) is 0. The quantitative estimate of drug-likeness (QED) is 0.373. The first-order chi connectivity index (χ1) is 5.04. The van der Waals surface area contributed by atoms with E-state index in [-0.39, 0.29) is 0 Å². The SMILES string of the molecule is Br[Si](Br)(Br)C12C=CC(CC1)C2. The third-order valence-corrected chi connectivity index (χ3v) is 11.7. The second-order valence-corrected chi connectivity index (χ2v) is 25.8. The molecule has 2 unspecified atom stereocenters. The molecule has 1 saturated carbocycles. The molecule has 0 aromatic rings. The number of rotatable bonds is 1. The highest BCUT2D eigenvalue weighted by molar-refractivity contribution is 9.72. The summed E-state index contributed by atoms with van der Waals surface area (Å²) in [4.78, 5) is 0. The van der Waals surface area contributed by atoms with Crippen LogP contribution in [0.2, 0.25) is 5.04 Å². The van der Waals surface area contributed by atoms with Crippen LogP contribution in [0.25, 0.3) is 0 Å². The van der Waals surface area contributed by atoms with Crippen LogP contribution >= 0.6 is 45.9 Å². The van der Waals surface area contributed by atoms with Crippen LogP contribution in [0.1, 0.15) is 19.3 Å². The molecule has 0 N–H and O–H groups in total. The zero-order chi connectivity index (χ0) is 8.11. The molecule has 0 amide bonds. The maximum absolute atomic E-state index is 3.77. The average molecular weight is 361 g/mol. The van der Waals surface area contributed by atoms with E-state index in [9.17, 15) is 0 Å². The van der Waals surface area contributed by atoms with E-state index < -0.39 is 3.93 Å². The zero-order valence-electron chi connectivity index (χ0n) is 5.99. The second-order valence-electron chi connectivity index (χ2n) is 3.52. The Bertz CT molecular complexity index is 208. The topological polar surface area (TPSA) is 0 Å². The lowest BCUT2D eigenvalue weighted by molar-refractivity contribution is 0.698. The minimum Gasteiger partial charge on any atom is -0.0955 e. The third-order valence-electron chi connectivity index (χ3n) is 2.84. The van der Waals surface area contributed by atoms with Gasteiger partial charge in [-0.05, 0) is 25.2 Å². The molecule has 1 fully saturated rings. The van der Waals surface area contributed by atoms with E-state index in [0.717, 1.165) is 5.92 Å². The van der Waals surface area contributed by atoms with Crippen LogP contribution in [-0.2, 0) is 0 Å². The molecular weight excluding hydrogens is 352 g/mol. The van der Waals surface area contributed by atoms with Gasteiger partial charge in [-0.25, -0.2) is 0 Å². The van der Waals surface area contributed by atoms with Gasteiger partial charge < -0.3 is 0 Å². The Labute approximate surface area is 91.6 Å².